The summed E-state index contributed by atoms with van der Waals surface area (Å²) >= 11 is 3.46. The van der Waals surface area contributed by atoms with E-state index in [1.165, 1.54) is 0 Å². The molecule has 1 aliphatic heterocycles. The lowest BCUT2D eigenvalue weighted by molar-refractivity contribution is 0.0775. The Morgan fingerprint density at radius 3 is 2.95 bits per heavy atom. The molecule has 4 nitrogen and oxygen atoms in total. The summed E-state index contributed by atoms with van der Waals surface area (Å²) in [5.74, 6) is 0.734. The third-order valence-corrected chi connectivity index (χ3v) is 4.09. The highest BCUT2D eigenvalue weighted by atomic mass is 79.9. The molecule has 106 valence electrons. The Morgan fingerprint density at radius 2 is 2.32 bits per heavy atom. The molecular weight excluding hydrogens is 306 g/mol. The molecule has 1 saturated heterocycles. The van der Waals surface area contributed by atoms with Crippen LogP contribution in [-0.4, -0.2) is 42.1 Å². The zero-order valence-electron chi connectivity index (χ0n) is 11.8. The van der Waals surface area contributed by atoms with Crippen LogP contribution in [0.4, 0.5) is 0 Å². The topological polar surface area (TPSA) is 37.3 Å². The van der Waals surface area contributed by atoms with E-state index in [1.54, 1.807) is 0 Å². The fourth-order valence-electron chi connectivity index (χ4n) is 2.68. The molecule has 2 rings (SSSR count). The second kappa shape index (κ2) is 6.09. The molecule has 5 heteroatoms. The highest BCUT2D eigenvalue weighted by molar-refractivity contribution is 9.10. The zero-order valence-corrected chi connectivity index (χ0v) is 13.4. The normalized spacial score (nSPS) is 19.4. The smallest absolute Gasteiger partial charge is 0.270 e. The number of carbonyl (C=O) groups excluding carboxylic acids is 1. The van der Waals surface area contributed by atoms with Crippen molar-refractivity contribution in [3.63, 3.8) is 0 Å². The van der Waals surface area contributed by atoms with E-state index in [0.717, 1.165) is 36.2 Å². The van der Waals surface area contributed by atoms with Crippen LogP contribution in [0, 0.1) is 5.92 Å². The van der Waals surface area contributed by atoms with E-state index in [2.05, 4.69) is 35.1 Å². The van der Waals surface area contributed by atoms with Crippen LogP contribution in [0.15, 0.2) is 16.7 Å². The van der Waals surface area contributed by atoms with Gasteiger partial charge in [-0.3, -0.25) is 4.79 Å². The second-order valence-electron chi connectivity index (χ2n) is 5.51. The number of aromatic nitrogens is 1. The Kier molecular flexibility index (Phi) is 4.68. The standard InChI is InChI=1S/C14H22BrN3O/c1-10(2)18-9-12(15)6-13(18)14(19)17-5-4-11(8-17)7-16-3/h6,9-11,16H,4-5,7-8H2,1-3H3. The monoisotopic (exact) mass is 327 g/mol. The molecule has 0 aliphatic carbocycles. The molecule has 1 aromatic rings. The molecule has 1 atom stereocenters. The summed E-state index contributed by atoms with van der Waals surface area (Å²) < 4.78 is 3.01. The fraction of sp³-hybridized carbons (Fsp3) is 0.643. The van der Waals surface area contributed by atoms with Crippen molar-refractivity contribution < 1.29 is 4.79 Å². The highest BCUT2D eigenvalue weighted by Gasteiger charge is 2.28. The lowest BCUT2D eigenvalue weighted by Gasteiger charge is -2.19. The molecule has 0 aromatic carbocycles. The molecule has 2 heterocycles. The quantitative estimate of drug-likeness (QED) is 0.922. The van der Waals surface area contributed by atoms with Crippen LogP contribution in [0.5, 0.6) is 0 Å². The van der Waals surface area contributed by atoms with Gasteiger partial charge in [0, 0.05) is 29.8 Å². The van der Waals surface area contributed by atoms with E-state index in [0.29, 0.717) is 12.0 Å². The third-order valence-electron chi connectivity index (χ3n) is 3.66. The van der Waals surface area contributed by atoms with Gasteiger partial charge >= 0.3 is 0 Å². The molecule has 0 saturated carbocycles. The predicted octanol–water partition coefficient (Wildman–Crippen LogP) is 2.51. The number of hydrogen-bond acceptors (Lipinski definition) is 2. The SMILES string of the molecule is CNCC1CCN(C(=O)c2cc(Br)cn2C(C)C)C1. The zero-order chi connectivity index (χ0) is 14.0. The van der Waals surface area contributed by atoms with Crippen LogP contribution < -0.4 is 5.32 Å². The van der Waals surface area contributed by atoms with Crippen LogP contribution in [0.2, 0.25) is 0 Å². The molecule has 0 bridgehead atoms. The number of halogens is 1. The first-order valence-corrected chi connectivity index (χ1v) is 7.63. The Labute approximate surface area is 123 Å². The number of rotatable bonds is 4. The Balaban J connectivity index is 2.12. The number of hydrogen-bond donors (Lipinski definition) is 1. The van der Waals surface area contributed by atoms with Crippen molar-refractivity contribution in [3.8, 4) is 0 Å². The lowest BCUT2D eigenvalue weighted by atomic mass is 10.1. The predicted molar refractivity (Wildman–Crippen MR) is 80.5 cm³/mol. The van der Waals surface area contributed by atoms with Gasteiger partial charge in [0.05, 0.1) is 0 Å². The van der Waals surface area contributed by atoms with E-state index in [1.807, 2.05) is 28.8 Å². The maximum atomic E-state index is 12.6. The molecule has 1 N–H and O–H groups in total. The first kappa shape index (κ1) is 14.6. The van der Waals surface area contributed by atoms with E-state index in [-0.39, 0.29) is 5.91 Å². The highest BCUT2D eigenvalue weighted by Crippen LogP contribution is 2.23. The molecule has 1 amide bonds. The third kappa shape index (κ3) is 3.20. The number of nitrogens with zero attached hydrogens (tertiary/aromatic N) is 2. The summed E-state index contributed by atoms with van der Waals surface area (Å²) in [5.41, 5.74) is 0.784. The Hall–Kier alpha value is -0.810. The number of amides is 1. The minimum Gasteiger partial charge on any atom is -0.340 e. The van der Waals surface area contributed by atoms with Crippen LogP contribution in [0.1, 0.15) is 36.8 Å². The average molecular weight is 328 g/mol. The minimum atomic E-state index is 0.151. The van der Waals surface area contributed by atoms with Gasteiger partial charge in [0.15, 0.2) is 0 Å². The maximum Gasteiger partial charge on any atom is 0.270 e. The summed E-state index contributed by atoms with van der Waals surface area (Å²) in [6.45, 7) is 6.90. The first-order valence-electron chi connectivity index (χ1n) is 6.84. The minimum absolute atomic E-state index is 0.151. The van der Waals surface area contributed by atoms with Gasteiger partial charge in [-0.1, -0.05) is 0 Å². The molecule has 1 aliphatic rings. The summed E-state index contributed by atoms with van der Waals surface area (Å²) in [7, 11) is 1.96. The fourth-order valence-corrected chi connectivity index (χ4v) is 3.12. The first-order chi connectivity index (χ1) is 9.02. The van der Waals surface area contributed by atoms with Gasteiger partial charge in [-0.15, -0.1) is 0 Å². The summed E-state index contributed by atoms with van der Waals surface area (Å²) in [6.07, 6.45) is 3.08. The molecule has 1 unspecified atom stereocenters. The maximum absolute atomic E-state index is 12.6. The van der Waals surface area contributed by atoms with E-state index < -0.39 is 0 Å². The van der Waals surface area contributed by atoms with Crippen molar-refractivity contribution >= 4 is 21.8 Å². The molecule has 1 aromatic heterocycles. The van der Waals surface area contributed by atoms with Crippen LogP contribution in [0.3, 0.4) is 0 Å². The van der Waals surface area contributed by atoms with Crippen molar-refractivity contribution in [2.24, 2.45) is 5.92 Å². The van der Waals surface area contributed by atoms with Gasteiger partial charge in [-0.25, -0.2) is 0 Å². The number of likely N-dealkylation sites (tertiary alicyclic amines) is 1. The Morgan fingerprint density at radius 1 is 1.58 bits per heavy atom. The molecular formula is C14H22BrN3O. The van der Waals surface area contributed by atoms with Gasteiger partial charge in [0.2, 0.25) is 0 Å². The summed E-state index contributed by atoms with van der Waals surface area (Å²) in [4.78, 5) is 14.6. The lowest BCUT2D eigenvalue weighted by Crippen LogP contribution is -2.32. The van der Waals surface area contributed by atoms with Gasteiger partial charge in [-0.05, 0) is 61.8 Å². The molecule has 19 heavy (non-hydrogen) atoms. The second-order valence-corrected chi connectivity index (χ2v) is 6.42. The van der Waals surface area contributed by atoms with Crippen molar-refractivity contribution in [2.75, 3.05) is 26.7 Å². The largest absolute Gasteiger partial charge is 0.340 e. The van der Waals surface area contributed by atoms with Gasteiger partial charge < -0.3 is 14.8 Å². The number of carbonyl (C=O) groups is 1. The average Bonchev–Trinajstić information content (AvgIpc) is 2.95. The molecule has 0 radical (unpaired) electrons. The van der Waals surface area contributed by atoms with E-state index in [9.17, 15) is 4.79 Å². The van der Waals surface area contributed by atoms with Gasteiger partial charge in [0.1, 0.15) is 5.69 Å². The van der Waals surface area contributed by atoms with Crippen LogP contribution in [-0.2, 0) is 0 Å². The van der Waals surface area contributed by atoms with E-state index >= 15 is 0 Å². The van der Waals surface area contributed by atoms with Crippen molar-refractivity contribution in [2.45, 2.75) is 26.3 Å². The van der Waals surface area contributed by atoms with Crippen molar-refractivity contribution in [1.29, 1.82) is 0 Å². The van der Waals surface area contributed by atoms with Crippen molar-refractivity contribution in [1.82, 2.24) is 14.8 Å². The Bertz CT molecular complexity index is 456. The van der Waals surface area contributed by atoms with Crippen LogP contribution >= 0.6 is 15.9 Å². The molecule has 0 spiro atoms. The van der Waals surface area contributed by atoms with Crippen molar-refractivity contribution in [3.05, 3.63) is 22.4 Å². The molecule has 1 fully saturated rings. The van der Waals surface area contributed by atoms with Crippen LogP contribution in [0.25, 0.3) is 0 Å². The summed E-state index contributed by atoms with van der Waals surface area (Å²) in [5, 5.41) is 3.19. The van der Waals surface area contributed by atoms with Gasteiger partial charge in [0.25, 0.3) is 5.91 Å². The summed E-state index contributed by atoms with van der Waals surface area (Å²) in [6, 6.07) is 2.22. The number of nitrogens with one attached hydrogen (secondary N) is 1. The van der Waals surface area contributed by atoms with E-state index in [4.69, 9.17) is 0 Å². The van der Waals surface area contributed by atoms with Gasteiger partial charge in [-0.2, -0.15) is 0 Å².